The number of esters is 1. The molecule has 1 aliphatic rings. The second-order valence-corrected chi connectivity index (χ2v) is 9.81. The largest absolute Gasteiger partial charge is 0.424 e. The molecule has 3 aromatic carbocycles. The molecule has 0 aliphatic carbocycles. The molecule has 0 saturated carbocycles. The number of hydrogen-bond acceptors (Lipinski definition) is 6. The number of carbonyl (C=O) groups is 3. The number of carbonyl (C=O) groups excluding carboxylic acids is 3. The van der Waals surface area contributed by atoms with E-state index in [9.17, 15) is 14.4 Å². The Bertz CT molecular complexity index is 1330. The van der Waals surface area contributed by atoms with Gasteiger partial charge in [0.1, 0.15) is 17.8 Å². The Morgan fingerprint density at radius 1 is 0.950 bits per heavy atom. The van der Waals surface area contributed by atoms with E-state index in [1.807, 2.05) is 60.7 Å². The molecule has 1 heterocycles. The smallest absolute Gasteiger partial charge is 0.334 e. The molecule has 4 rings (SSSR count). The summed E-state index contributed by atoms with van der Waals surface area (Å²) in [6.07, 6.45) is 2.53. The highest BCUT2D eigenvalue weighted by atomic mass is 16.5. The fourth-order valence-corrected chi connectivity index (χ4v) is 4.73. The Morgan fingerprint density at radius 2 is 1.70 bits per heavy atom. The number of aliphatic imine (C=N–C) groups is 1. The van der Waals surface area contributed by atoms with Crippen LogP contribution in [0.4, 0.5) is 0 Å². The third-order valence-electron chi connectivity index (χ3n) is 6.80. The minimum atomic E-state index is -0.986. The van der Waals surface area contributed by atoms with Crippen LogP contribution < -0.4 is 32.2 Å². The number of fused-ring (bicyclic) bond motifs is 1. The maximum atomic E-state index is 13.6. The van der Waals surface area contributed by atoms with Crippen LogP contribution in [-0.2, 0) is 20.8 Å². The second-order valence-electron chi connectivity index (χ2n) is 9.81. The van der Waals surface area contributed by atoms with Gasteiger partial charge >= 0.3 is 5.97 Å². The van der Waals surface area contributed by atoms with Gasteiger partial charge in [-0.25, -0.2) is 4.79 Å². The number of guanidine groups is 1. The molecule has 1 saturated heterocycles. The first-order chi connectivity index (χ1) is 19.4. The van der Waals surface area contributed by atoms with Crippen molar-refractivity contribution in [2.75, 3.05) is 13.1 Å². The van der Waals surface area contributed by atoms with Crippen LogP contribution in [0, 0.1) is 0 Å². The Labute approximate surface area is 233 Å². The molecule has 210 valence electrons. The first-order valence-electron chi connectivity index (χ1n) is 13.5. The van der Waals surface area contributed by atoms with Crippen LogP contribution in [-0.4, -0.2) is 55.0 Å². The molecule has 0 aromatic heterocycles. The van der Waals surface area contributed by atoms with E-state index in [0.29, 0.717) is 18.6 Å². The highest BCUT2D eigenvalue weighted by Crippen LogP contribution is 2.25. The third-order valence-corrected chi connectivity index (χ3v) is 6.80. The Kier molecular flexibility index (Phi) is 10.1. The van der Waals surface area contributed by atoms with E-state index in [4.69, 9.17) is 16.2 Å². The number of amides is 2. The first kappa shape index (κ1) is 28.6. The lowest BCUT2D eigenvalue weighted by Crippen LogP contribution is -2.55. The second kappa shape index (κ2) is 14.1. The minimum absolute atomic E-state index is 0.0509. The topological polar surface area (TPSA) is 161 Å². The molecule has 3 atom stereocenters. The molecule has 2 amide bonds. The lowest BCUT2D eigenvalue weighted by atomic mass is 10.0. The molecular weight excluding hydrogens is 508 g/mol. The van der Waals surface area contributed by atoms with Gasteiger partial charge in [-0.1, -0.05) is 66.7 Å². The maximum absolute atomic E-state index is 13.6. The van der Waals surface area contributed by atoms with Crippen LogP contribution in [0.5, 0.6) is 5.75 Å². The van der Waals surface area contributed by atoms with Crippen LogP contribution in [0.1, 0.15) is 31.2 Å². The predicted molar refractivity (Wildman–Crippen MR) is 155 cm³/mol. The lowest BCUT2D eigenvalue weighted by molar-refractivity contribution is -0.140. The predicted octanol–water partition coefficient (Wildman–Crippen LogP) is 1.76. The normalized spacial score (nSPS) is 16.1. The van der Waals surface area contributed by atoms with Gasteiger partial charge in [0.15, 0.2) is 5.96 Å². The molecule has 7 N–H and O–H groups in total. The zero-order valence-corrected chi connectivity index (χ0v) is 22.3. The van der Waals surface area contributed by atoms with Gasteiger partial charge < -0.3 is 32.2 Å². The van der Waals surface area contributed by atoms with Gasteiger partial charge in [0.2, 0.25) is 11.8 Å². The summed E-state index contributed by atoms with van der Waals surface area (Å²) < 4.78 is 5.79. The standard InChI is InChI=1S/C30H36N6O4/c31-30(32)34-18-8-15-24(29(39)40-26-16-6-12-21-11-4-5-13-22(21)26)35-28(38)25(19-20-9-2-1-3-10-20)36-27(37)23-14-7-17-33-23/h1-6,9-13,16,23-25,33H,7-8,14-15,17-19H2,(H,35,38)(H,36,37)(H4,31,32,34). The van der Waals surface area contributed by atoms with E-state index < -0.39 is 24.0 Å². The Morgan fingerprint density at radius 3 is 2.45 bits per heavy atom. The number of nitrogens with zero attached hydrogens (tertiary/aromatic N) is 1. The van der Waals surface area contributed by atoms with E-state index in [1.54, 1.807) is 12.1 Å². The van der Waals surface area contributed by atoms with Crippen molar-refractivity contribution >= 4 is 34.5 Å². The average Bonchev–Trinajstić information content (AvgIpc) is 3.50. The number of benzene rings is 3. The molecule has 3 aromatic rings. The summed E-state index contributed by atoms with van der Waals surface area (Å²) in [5.41, 5.74) is 11.8. The molecule has 10 nitrogen and oxygen atoms in total. The summed E-state index contributed by atoms with van der Waals surface area (Å²) in [6, 6.07) is 20.2. The van der Waals surface area contributed by atoms with Crippen LogP contribution >= 0.6 is 0 Å². The Balaban J connectivity index is 1.52. The molecular formula is C30H36N6O4. The highest BCUT2D eigenvalue weighted by molar-refractivity contribution is 5.94. The summed E-state index contributed by atoms with van der Waals surface area (Å²) in [5.74, 6) is -0.983. The van der Waals surface area contributed by atoms with E-state index in [1.165, 1.54) is 0 Å². The van der Waals surface area contributed by atoms with Crippen LogP contribution in [0.25, 0.3) is 10.8 Å². The number of hydrogen-bond donors (Lipinski definition) is 5. The van der Waals surface area contributed by atoms with E-state index >= 15 is 0 Å². The van der Waals surface area contributed by atoms with E-state index in [-0.39, 0.29) is 37.3 Å². The minimum Gasteiger partial charge on any atom is -0.424 e. The van der Waals surface area contributed by atoms with Gasteiger partial charge in [0.05, 0.1) is 6.04 Å². The molecule has 0 spiro atoms. The van der Waals surface area contributed by atoms with E-state index in [0.717, 1.165) is 29.3 Å². The van der Waals surface area contributed by atoms with Gasteiger partial charge in [0.25, 0.3) is 0 Å². The van der Waals surface area contributed by atoms with Crippen LogP contribution in [0.2, 0.25) is 0 Å². The van der Waals surface area contributed by atoms with Crippen LogP contribution in [0.3, 0.4) is 0 Å². The molecule has 0 bridgehead atoms. The molecule has 10 heteroatoms. The van der Waals surface area contributed by atoms with Crippen molar-refractivity contribution in [3.8, 4) is 5.75 Å². The maximum Gasteiger partial charge on any atom is 0.334 e. The monoisotopic (exact) mass is 544 g/mol. The average molecular weight is 545 g/mol. The third kappa shape index (κ3) is 8.03. The molecule has 1 fully saturated rings. The number of nitrogens with one attached hydrogen (secondary N) is 3. The zero-order chi connectivity index (χ0) is 28.3. The quantitative estimate of drug-likeness (QED) is 0.0763. The van der Waals surface area contributed by atoms with Crippen molar-refractivity contribution < 1.29 is 19.1 Å². The van der Waals surface area contributed by atoms with Crippen LogP contribution in [0.15, 0.2) is 77.8 Å². The zero-order valence-electron chi connectivity index (χ0n) is 22.3. The van der Waals surface area contributed by atoms with Crippen molar-refractivity contribution in [1.82, 2.24) is 16.0 Å². The van der Waals surface area contributed by atoms with Crippen molar-refractivity contribution in [2.45, 2.75) is 50.2 Å². The first-order valence-corrected chi connectivity index (χ1v) is 13.5. The van der Waals surface area contributed by atoms with Gasteiger partial charge in [-0.15, -0.1) is 0 Å². The molecule has 40 heavy (non-hydrogen) atoms. The summed E-state index contributed by atoms with van der Waals surface area (Å²) >= 11 is 0. The molecule has 0 radical (unpaired) electrons. The van der Waals surface area contributed by atoms with E-state index in [2.05, 4.69) is 20.9 Å². The van der Waals surface area contributed by atoms with Gasteiger partial charge in [-0.05, 0) is 49.2 Å². The molecule has 1 aliphatic heterocycles. The fourth-order valence-electron chi connectivity index (χ4n) is 4.73. The summed E-state index contributed by atoms with van der Waals surface area (Å²) in [6.45, 7) is 1.04. The van der Waals surface area contributed by atoms with Crippen molar-refractivity contribution in [1.29, 1.82) is 0 Å². The fraction of sp³-hybridized carbons (Fsp3) is 0.333. The molecule has 3 unspecified atom stereocenters. The number of rotatable bonds is 12. The van der Waals surface area contributed by atoms with Crippen molar-refractivity contribution in [3.05, 3.63) is 78.4 Å². The summed E-state index contributed by atoms with van der Waals surface area (Å²) in [5, 5.41) is 10.6. The van der Waals surface area contributed by atoms with Crippen molar-refractivity contribution in [3.63, 3.8) is 0 Å². The van der Waals surface area contributed by atoms with Crippen molar-refractivity contribution in [2.24, 2.45) is 16.5 Å². The lowest BCUT2D eigenvalue weighted by Gasteiger charge is -2.24. The van der Waals surface area contributed by atoms with Gasteiger partial charge in [-0.3, -0.25) is 14.6 Å². The Hall–Kier alpha value is -4.44. The highest BCUT2D eigenvalue weighted by Gasteiger charge is 2.31. The summed E-state index contributed by atoms with van der Waals surface area (Å²) in [7, 11) is 0. The van der Waals surface area contributed by atoms with Gasteiger partial charge in [0, 0.05) is 18.4 Å². The van der Waals surface area contributed by atoms with Gasteiger partial charge in [-0.2, -0.15) is 0 Å². The SMILES string of the molecule is NC(N)=NCCCC(NC(=O)C(Cc1ccccc1)NC(=O)C1CCCN1)C(=O)Oc1cccc2ccccc12. The summed E-state index contributed by atoms with van der Waals surface area (Å²) in [4.78, 5) is 43.9. The number of nitrogens with two attached hydrogens (primary N) is 2. The number of ether oxygens (including phenoxy) is 1.